The molecule has 8 heteroatoms. The summed E-state index contributed by atoms with van der Waals surface area (Å²) in [5.41, 5.74) is 2.39. The minimum atomic E-state index is 0. The molecule has 7 nitrogen and oxygen atoms in total. The fraction of sp³-hybridized carbons (Fsp3) is 0.389. The SMILES string of the molecule is CN=C(NCCC(=O)N(C)C)NCc1ccccc1Cn1cccn1.I. The van der Waals surface area contributed by atoms with Crippen LogP contribution in [-0.2, 0) is 17.9 Å². The molecule has 0 aliphatic heterocycles. The zero-order valence-corrected chi connectivity index (χ0v) is 17.8. The first-order valence-corrected chi connectivity index (χ1v) is 8.29. The Morgan fingerprint density at radius 3 is 2.54 bits per heavy atom. The molecule has 0 unspecified atom stereocenters. The number of hydrogen-bond donors (Lipinski definition) is 2. The van der Waals surface area contributed by atoms with E-state index in [2.05, 4.69) is 32.9 Å². The Bertz CT molecular complexity index is 699. The fourth-order valence-corrected chi connectivity index (χ4v) is 2.36. The van der Waals surface area contributed by atoms with Crippen molar-refractivity contribution >= 4 is 35.8 Å². The number of nitrogens with one attached hydrogen (secondary N) is 2. The highest BCUT2D eigenvalue weighted by molar-refractivity contribution is 14.0. The van der Waals surface area contributed by atoms with Crippen molar-refractivity contribution in [3.8, 4) is 0 Å². The van der Waals surface area contributed by atoms with E-state index < -0.39 is 0 Å². The van der Waals surface area contributed by atoms with E-state index in [9.17, 15) is 4.79 Å². The van der Waals surface area contributed by atoms with Gasteiger partial charge >= 0.3 is 0 Å². The van der Waals surface area contributed by atoms with Crippen molar-refractivity contribution in [1.29, 1.82) is 0 Å². The number of carbonyl (C=O) groups is 1. The van der Waals surface area contributed by atoms with Crippen LogP contribution in [-0.4, -0.2) is 54.2 Å². The highest BCUT2D eigenvalue weighted by Crippen LogP contribution is 2.10. The van der Waals surface area contributed by atoms with E-state index in [1.54, 1.807) is 32.2 Å². The molecule has 1 aromatic carbocycles. The summed E-state index contributed by atoms with van der Waals surface area (Å²) >= 11 is 0. The number of aliphatic imine (C=N–C) groups is 1. The molecule has 0 saturated heterocycles. The topological polar surface area (TPSA) is 74.6 Å². The van der Waals surface area contributed by atoms with Crippen LogP contribution in [0.4, 0.5) is 0 Å². The van der Waals surface area contributed by atoms with Crippen LogP contribution in [0.2, 0.25) is 0 Å². The summed E-state index contributed by atoms with van der Waals surface area (Å²) in [6.07, 6.45) is 4.16. The molecule has 1 amide bonds. The average molecular weight is 470 g/mol. The third-order valence-corrected chi connectivity index (χ3v) is 3.81. The maximum absolute atomic E-state index is 11.6. The zero-order chi connectivity index (χ0) is 18.1. The van der Waals surface area contributed by atoms with Crippen molar-refractivity contribution < 1.29 is 4.79 Å². The van der Waals surface area contributed by atoms with Gasteiger partial charge in [-0.15, -0.1) is 24.0 Å². The molecular weight excluding hydrogens is 443 g/mol. The van der Waals surface area contributed by atoms with Crippen molar-refractivity contribution in [2.24, 2.45) is 4.99 Å². The molecular formula is C18H27IN6O. The molecule has 1 heterocycles. The van der Waals surface area contributed by atoms with Gasteiger partial charge in [0.1, 0.15) is 0 Å². The monoisotopic (exact) mass is 470 g/mol. The first-order valence-electron chi connectivity index (χ1n) is 8.29. The van der Waals surface area contributed by atoms with Gasteiger partial charge in [0.25, 0.3) is 0 Å². The van der Waals surface area contributed by atoms with Crippen molar-refractivity contribution in [3.05, 3.63) is 53.9 Å². The fourth-order valence-electron chi connectivity index (χ4n) is 2.36. The Labute approximate surface area is 171 Å². The van der Waals surface area contributed by atoms with Gasteiger partial charge in [-0.3, -0.25) is 14.5 Å². The number of aromatic nitrogens is 2. The largest absolute Gasteiger partial charge is 0.356 e. The number of hydrogen-bond acceptors (Lipinski definition) is 3. The maximum Gasteiger partial charge on any atom is 0.223 e. The summed E-state index contributed by atoms with van der Waals surface area (Å²) in [6, 6.07) is 10.2. The summed E-state index contributed by atoms with van der Waals surface area (Å²) in [7, 11) is 5.23. The molecule has 0 atom stereocenters. The van der Waals surface area contributed by atoms with Gasteiger partial charge in [-0.2, -0.15) is 5.10 Å². The van der Waals surface area contributed by atoms with E-state index in [4.69, 9.17) is 0 Å². The number of rotatable bonds is 7. The van der Waals surface area contributed by atoms with Crippen LogP contribution in [0.1, 0.15) is 17.5 Å². The van der Waals surface area contributed by atoms with Gasteiger partial charge in [0, 0.05) is 53.0 Å². The number of carbonyl (C=O) groups excluding carboxylic acids is 1. The van der Waals surface area contributed by atoms with Crippen LogP contribution in [0.3, 0.4) is 0 Å². The summed E-state index contributed by atoms with van der Waals surface area (Å²) in [4.78, 5) is 17.4. The number of nitrogens with zero attached hydrogens (tertiary/aromatic N) is 4. The highest BCUT2D eigenvalue weighted by Gasteiger charge is 2.06. The van der Waals surface area contributed by atoms with Gasteiger partial charge < -0.3 is 15.5 Å². The molecule has 0 fully saturated rings. The zero-order valence-electron chi connectivity index (χ0n) is 15.5. The molecule has 2 N–H and O–H groups in total. The van der Waals surface area contributed by atoms with Gasteiger partial charge in [-0.25, -0.2) is 0 Å². The molecule has 0 saturated carbocycles. The molecule has 142 valence electrons. The molecule has 1 aromatic heterocycles. The van der Waals surface area contributed by atoms with E-state index >= 15 is 0 Å². The standard InChI is InChI=1S/C18H26N6O.HI/c1-19-18(20-11-9-17(25)23(2)3)21-13-15-7-4-5-8-16(15)14-24-12-6-10-22-24;/h4-8,10,12H,9,11,13-14H2,1-3H3,(H2,19,20,21);1H. The second kappa shape index (κ2) is 11.5. The normalized spacial score (nSPS) is 10.8. The molecule has 26 heavy (non-hydrogen) atoms. The van der Waals surface area contributed by atoms with Crippen LogP contribution in [0.25, 0.3) is 0 Å². The van der Waals surface area contributed by atoms with Gasteiger partial charge in [0.15, 0.2) is 5.96 Å². The van der Waals surface area contributed by atoms with E-state index in [-0.39, 0.29) is 29.9 Å². The predicted octanol–water partition coefficient (Wildman–Crippen LogP) is 1.69. The van der Waals surface area contributed by atoms with Crippen LogP contribution in [0.15, 0.2) is 47.7 Å². The Hall–Kier alpha value is -2.10. The highest BCUT2D eigenvalue weighted by atomic mass is 127. The minimum Gasteiger partial charge on any atom is -0.356 e. The van der Waals surface area contributed by atoms with E-state index in [0.717, 1.165) is 6.54 Å². The molecule has 0 radical (unpaired) electrons. The van der Waals surface area contributed by atoms with E-state index in [0.29, 0.717) is 25.5 Å². The third kappa shape index (κ3) is 7.03. The Kier molecular flexibility index (Phi) is 9.71. The smallest absolute Gasteiger partial charge is 0.223 e. The lowest BCUT2D eigenvalue weighted by Gasteiger charge is -2.15. The number of guanidine groups is 1. The average Bonchev–Trinajstić information content (AvgIpc) is 3.11. The quantitative estimate of drug-likeness (QED) is 0.367. The molecule has 0 aliphatic rings. The summed E-state index contributed by atoms with van der Waals surface area (Å²) in [5, 5.41) is 10.7. The maximum atomic E-state index is 11.6. The Morgan fingerprint density at radius 1 is 1.19 bits per heavy atom. The summed E-state index contributed by atoms with van der Waals surface area (Å²) < 4.78 is 1.90. The molecule has 0 spiro atoms. The van der Waals surface area contributed by atoms with E-state index in [1.807, 2.05) is 29.1 Å². The Balaban J connectivity index is 0.00000338. The molecule has 2 aromatic rings. The van der Waals surface area contributed by atoms with Crippen molar-refractivity contribution in [2.45, 2.75) is 19.5 Å². The van der Waals surface area contributed by atoms with Crippen molar-refractivity contribution in [2.75, 3.05) is 27.7 Å². The first kappa shape index (κ1) is 21.9. The van der Waals surface area contributed by atoms with Crippen LogP contribution in [0, 0.1) is 0 Å². The Morgan fingerprint density at radius 2 is 1.92 bits per heavy atom. The predicted molar refractivity (Wildman–Crippen MR) is 115 cm³/mol. The molecule has 0 bridgehead atoms. The number of halogens is 1. The lowest BCUT2D eigenvalue weighted by Crippen LogP contribution is -2.39. The third-order valence-electron chi connectivity index (χ3n) is 3.81. The van der Waals surface area contributed by atoms with Crippen LogP contribution >= 0.6 is 24.0 Å². The summed E-state index contributed by atoms with van der Waals surface area (Å²) in [6.45, 7) is 1.93. The number of amides is 1. The first-order chi connectivity index (χ1) is 12.1. The van der Waals surface area contributed by atoms with Gasteiger partial charge in [0.05, 0.1) is 6.54 Å². The second-order valence-electron chi connectivity index (χ2n) is 5.86. The van der Waals surface area contributed by atoms with Crippen LogP contribution < -0.4 is 10.6 Å². The summed E-state index contributed by atoms with van der Waals surface area (Å²) in [5.74, 6) is 0.771. The van der Waals surface area contributed by atoms with Gasteiger partial charge in [-0.05, 0) is 17.2 Å². The second-order valence-corrected chi connectivity index (χ2v) is 5.86. The van der Waals surface area contributed by atoms with Crippen molar-refractivity contribution in [3.63, 3.8) is 0 Å². The van der Waals surface area contributed by atoms with Crippen LogP contribution in [0.5, 0.6) is 0 Å². The molecule has 0 aliphatic carbocycles. The minimum absolute atomic E-state index is 0. The molecule has 2 rings (SSSR count). The van der Waals surface area contributed by atoms with E-state index in [1.165, 1.54) is 11.1 Å². The van der Waals surface area contributed by atoms with Gasteiger partial charge in [-0.1, -0.05) is 24.3 Å². The lowest BCUT2D eigenvalue weighted by molar-refractivity contribution is -0.128. The van der Waals surface area contributed by atoms with Crippen molar-refractivity contribution in [1.82, 2.24) is 25.3 Å². The van der Waals surface area contributed by atoms with Gasteiger partial charge in [0.2, 0.25) is 5.91 Å². The number of benzene rings is 1. The lowest BCUT2D eigenvalue weighted by atomic mass is 10.1.